The Labute approximate surface area is 111 Å². The summed E-state index contributed by atoms with van der Waals surface area (Å²) in [4.78, 5) is 14.4. The molecule has 1 saturated heterocycles. The zero-order chi connectivity index (χ0) is 12.8. The fourth-order valence-corrected chi connectivity index (χ4v) is 3.87. The van der Waals surface area contributed by atoms with Gasteiger partial charge >= 0.3 is 0 Å². The Kier molecular flexibility index (Phi) is 3.22. The highest BCUT2D eigenvalue weighted by Crippen LogP contribution is 2.45. The zero-order valence-corrected chi connectivity index (χ0v) is 11.8. The predicted octanol–water partition coefficient (Wildman–Crippen LogP) is 0.846. The molecule has 4 nitrogen and oxygen atoms in total. The molecule has 2 unspecified atom stereocenters. The highest BCUT2D eigenvalue weighted by Gasteiger charge is 2.60. The molecule has 102 valence electrons. The Morgan fingerprint density at radius 2 is 2.06 bits per heavy atom. The minimum atomic E-state index is -0.819. The third-order valence-corrected chi connectivity index (χ3v) is 5.40. The van der Waals surface area contributed by atoms with E-state index in [1.165, 1.54) is 25.7 Å². The van der Waals surface area contributed by atoms with Gasteiger partial charge in [0.25, 0.3) is 0 Å². The Hall–Kier alpha value is -0.420. The number of carbonyl (C=O) groups is 1. The van der Waals surface area contributed by atoms with Crippen molar-refractivity contribution in [1.82, 2.24) is 10.2 Å². The van der Waals surface area contributed by atoms with Crippen LogP contribution in [0.4, 0.5) is 0 Å². The van der Waals surface area contributed by atoms with Gasteiger partial charge in [-0.15, -0.1) is 0 Å². The van der Waals surface area contributed by atoms with Crippen LogP contribution in [0.5, 0.6) is 0 Å². The maximum Gasteiger partial charge on any atom is 0.244 e. The van der Waals surface area contributed by atoms with Gasteiger partial charge in [0.1, 0.15) is 0 Å². The van der Waals surface area contributed by atoms with E-state index in [1.807, 2.05) is 4.90 Å². The quantitative estimate of drug-likeness (QED) is 0.824. The molecule has 0 aromatic carbocycles. The fourth-order valence-electron chi connectivity index (χ4n) is 3.42. The fraction of sp³-hybridized carbons (Fsp3) is 0.923. The number of nitrogens with one attached hydrogen (secondary N) is 1. The van der Waals surface area contributed by atoms with Crippen molar-refractivity contribution in [3.05, 3.63) is 0 Å². The van der Waals surface area contributed by atoms with Gasteiger partial charge in [0, 0.05) is 29.4 Å². The average Bonchev–Trinajstić information content (AvgIpc) is 2.82. The van der Waals surface area contributed by atoms with E-state index < -0.39 is 10.8 Å². The first kappa shape index (κ1) is 12.6. The first-order valence-corrected chi connectivity index (χ1v) is 8.74. The Balaban J connectivity index is 1.73. The lowest BCUT2D eigenvalue weighted by molar-refractivity contribution is -0.131. The molecule has 5 heteroatoms. The molecule has 3 fully saturated rings. The van der Waals surface area contributed by atoms with Crippen LogP contribution < -0.4 is 5.32 Å². The molecule has 3 rings (SSSR count). The van der Waals surface area contributed by atoms with E-state index in [-0.39, 0.29) is 17.6 Å². The number of amides is 1. The molecule has 1 aliphatic heterocycles. The Bertz CT molecular complexity index is 375. The largest absolute Gasteiger partial charge is 0.324 e. The van der Waals surface area contributed by atoms with E-state index in [0.29, 0.717) is 18.2 Å². The van der Waals surface area contributed by atoms with Gasteiger partial charge in [-0.3, -0.25) is 14.3 Å². The van der Waals surface area contributed by atoms with Crippen LogP contribution in [0.2, 0.25) is 0 Å². The lowest BCUT2D eigenvalue weighted by atomic mass is 10.0. The minimum Gasteiger partial charge on any atom is -0.324 e. The molecule has 0 aromatic heterocycles. The number of carbonyl (C=O) groups excluding carboxylic acids is 1. The van der Waals surface area contributed by atoms with Crippen molar-refractivity contribution in [2.75, 3.05) is 18.6 Å². The minimum absolute atomic E-state index is 0.214. The number of rotatable bonds is 4. The summed E-state index contributed by atoms with van der Waals surface area (Å²) in [5.41, 5.74) is -0.220. The van der Waals surface area contributed by atoms with Crippen LogP contribution in [-0.2, 0) is 15.6 Å². The molecule has 2 atom stereocenters. The molecule has 0 bridgehead atoms. The van der Waals surface area contributed by atoms with Crippen molar-refractivity contribution in [1.29, 1.82) is 0 Å². The lowest BCUT2D eigenvalue weighted by Gasteiger charge is -2.28. The molecule has 2 aliphatic carbocycles. The maximum atomic E-state index is 12.4. The van der Waals surface area contributed by atoms with E-state index in [1.54, 1.807) is 6.26 Å². The van der Waals surface area contributed by atoms with E-state index in [4.69, 9.17) is 0 Å². The topological polar surface area (TPSA) is 49.4 Å². The van der Waals surface area contributed by atoms with Crippen LogP contribution in [0.3, 0.4) is 0 Å². The van der Waals surface area contributed by atoms with Crippen molar-refractivity contribution in [3.8, 4) is 0 Å². The number of hydrogen-bond acceptors (Lipinski definition) is 3. The van der Waals surface area contributed by atoms with Gasteiger partial charge < -0.3 is 4.90 Å². The van der Waals surface area contributed by atoms with Gasteiger partial charge in [0.05, 0.1) is 11.7 Å². The smallest absolute Gasteiger partial charge is 0.244 e. The molecule has 3 aliphatic rings. The first-order chi connectivity index (χ1) is 8.62. The van der Waals surface area contributed by atoms with Crippen molar-refractivity contribution < 1.29 is 9.00 Å². The Morgan fingerprint density at radius 3 is 2.61 bits per heavy atom. The summed E-state index contributed by atoms with van der Waals surface area (Å²) in [5.74, 6) is 1.48. The van der Waals surface area contributed by atoms with Crippen molar-refractivity contribution in [2.45, 2.75) is 50.2 Å². The molecular formula is C13H22N2O2S. The van der Waals surface area contributed by atoms with Crippen LogP contribution in [0.15, 0.2) is 0 Å². The van der Waals surface area contributed by atoms with Crippen LogP contribution in [0, 0.1) is 5.92 Å². The normalized spacial score (nSPS) is 32.4. The summed E-state index contributed by atoms with van der Waals surface area (Å²) >= 11 is 0. The van der Waals surface area contributed by atoms with Crippen LogP contribution in [0.25, 0.3) is 0 Å². The van der Waals surface area contributed by atoms with Gasteiger partial charge in [-0.05, 0) is 31.6 Å². The summed E-state index contributed by atoms with van der Waals surface area (Å²) in [6.45, 7) is 0.651. The third-order valence-electron chi connectivity index (χ3n) is 4.65. The second kappa shape index (κ2) is 4.60. The Morgan fingerprint density at radius 1 is 1.39 bits per heavy atom. The van der Waals surface area contributed by atoms with Crippen molar-refractivity contribution in [3.63, 3.8) is 0 Å². The molecule has 0 aromatic rings. The second-order valence-electron chi connectivity index (χ2n) is 5.99. The van der Waals surface area contributed by atoms with Crippen molar-refractivity contribution in [2.24, 2.45) is 5.92 Å². The molecule has 0 radical (unpaired) electrons. The van der Waals surface area contributed by atoms with Crippen LogP contribution in [0.1, 0.15) is 38.5 Å². The summed E-state index contributed by atoms with van der Waals surface area (Å²) in [5, 5.41) is 3.58. The molecule has 1 heterocycles. The van der Waals surface area contributed by atoms with E-state index in [9.17, 15) is 9.00 Å². The molecule has 2 saturated carbocycles. The molecular weight excluding hydrogens is 248 g/mol. The standard InChI is InChI=1S/C13H22N2O2S/c1-18(17)9-8-15-11(10-4-2-3-5-10)14-13(6-7-13)12(15)16/h10-11,14H,2-9H2,1H3. The molecule has 1 amide bonds. The summed E-state index contributed by atoms with van der Waals surface area (Å²) in [7, 11) is -0.819. The van der Waals surface area contributed by atoms with Gasteiger partial charge in [0.15, 0.2) is 0 Å². The molecule has 1 spiro atoms. The summed E-state index contributed by atoms with van der Waals surface area (Å²) in [6.07, 6.45) is 8.94. The number of nitrogens with zero attached hydrogens (tertiary/aromatic N) is 1. The monoisotopic (exact) mass is 270 g/mol. The predicted molar refractivity (Wildman–Crippen MR) is 71.5 cm³/mol. The van der Waals surface area contributed by atoms with Gasteiger partial charge in [-0.25, -0.2) is 0 Å². The lowest BCUT2D eigenvalue weighted by Crippen LogP contribution is -2.44. The van der Waals surface area contributed by atoms with Crippen LogP contribution in [-0.4, -0.2) is 45.3 Å². The van der Waals surface area contributed by atoms with Gasteiger partial charge in [0.2, 0.25) is 5.91 Å². The van der Waals surface area contributed by atoms with Gasteiger partial charge in [-0.1, -0.05) is 12.8 Å². The third kappa shape index (κ3) is 2.11. The first-order valence-electron chi connectivity index (χ1n) is 7.01. The summed E-state index contributed by atoms with van der Waals surface area (Å²) in [6, 6.07) is 0. The molecule has 1 N–H and O–H groups in total. The van der Waals surface area contributed by atoms with Crippen LogP contribution >= 0.6 is 0 Å². The second-order valence-corrected chi connectivity index (χ2v) is 7.55. The van der Waals surface area contributed by atoms with E-state index in [0.717, 1.165) is 12.8 Å². The van der Waals surface area contributed by atoms with Gasteiger partial charge in [-0.2, -0.15) is 0 Å². The average molecular weight is 270 g/mol. The summed E-state index contributed by atoms with van der Waals surface area (Å²) < 4.78 is 11.3. The molecule has 18 heavy (non-hydrogen) atoms. The maximum absolute atomic E-state index is 12.4. The number of hydrogen-bond donors (Lipinski definition) is 1. The zero-order valence-electron chi connectivity index (χ0n) is 11.0. The highest BCUT2D eigenvalue weighted by molar-refractivity contribution is 7.84. The SMILES string of the molecule is CS(=O)CCN1C(=O)C2(CC2)NC1C1CCCC1. The highest BCUT2D eigenvalue weighted by atomic mass is 32.2. The van der Waals surface area contributed by atoms with E-state index in [2.05, 4.69) is 5.32 Å². The van der Waals surface area contributed by atoms with E-state index >= 15 is 0 Å². The van der Waals surface area contributed by atoms with Crippen molar-refractivity contribution >= 4 is 16.7 Å².